The second-order valence-corrected chi connectivity index (χ2v) is 6.79. The third-order valence-electron chi connectivity index (χ3n) is 3.40. The highest BCUT2D eigenvalue weighted by Crippen LogP contribution is 2.19. The molecule has 0 aliphatic rings. The van der Waals surface area contributed by atoms with E-state index in [1.54, 1.807) is 11.3 Å². The predicted molar refractivity (Wildman–Crippen MR) is 95.3 cm³/mol. The summed E-state index contributed by atoms with van der Waals surface area (Å²) in [6.45, 7) is 2.81. The molecule has 0 aliphatic carbocycles. The van der Waals surface area contributed by atoms with Crippen LogP contribution >= 0.6 is 22.9 Å². The minimum Gasteiger partial charge on any atom is -0.360 e. The van der Waals surface area contributed by atoms with Gasteiger partial charge in [0.1, 0.15) is 5.01 Å². The van der Waals surface area contributed by atoms with Crippen molar-refractivity contribution >= 4 is 28.1 Å². The molecule has 0 radical (unpaired) electrons. The highest BCUT2D eigenvalue weighted by molar-refractivity contribution is 7.15. The minimum absolute atomic E-state index is 0.749. The Balaban J connectivity index is 1.51. The zero-order valence-corrected chi connectivity index (χ0v) is 14.4. The fourth-order valence-corrected chi connectivity index (χ4v) is 3.06. The fourth-order valence-electron chi connectivity index (χ4n) is 2.13. The van der Waals surface area contributed by atoms with Gasteiger partial charge in [-0.2, -0.15) is 0 Å². The summed E-state index contributed by atoms with van der Waals surface area (Å²) in [6.07, 6.45) is 3.61. The van der Waals surface area contributed by atoms with E-state index in [1.807, 2.05) is 43.5 Å². The summed E-state index contributed by atoms with van der Waals surface area (Å²) in [5.74, 6) is 0. The molecule has 0 unspecified atom stereocenters. The first-order chi connectivity index (χ1) is 11.2. The van der Waals surface area contributed by atoms with Crippen LogP contribution in [0.5, 0.6) is 0 Å². The van der Waals surface area contributed by atoms with Crippen molar-refractivity contribution in [1.29, 1.82) is 0 Å². The minimum atomic E-state index is 0.749. The van der Waals surface area contributed by atoms with Gasteiger partial charge in [-0.15, -0.1) is 10.2 Å². The van der Waals surface area contributed by atoms with Gasteiger partial charge in [-0.3, -0.25) is 4.98 Å². The van der Waals surface area contributed by atoms with Crippen LogP contribution in [0, 0.1) is 6.92 Å². The second kappa shape index (κ2) is 7.53. The van der Waals surface area contributed by atoms with Gasteiger partial charge in [0.2, 0.25) is 5.13 Å². The first-order valence-corrected chi connectivity index (χ1v) is 8.61. The maximum atomic E-state index is 5.90. The summed E-state index contributed by atoms with van der Waals surface area (Å²) in [5.41, 5.74) is 3.44. The Kier molecular flexibility index (Phi) is 5.20. The number of nitrogens with zero attached hydrogens (tertiary/aromatic N) is 3. The molecule has 23 heavy (non-hydrogen) atoms. The molecule has 0 atom stereocenters. The molecule has 1 N–H and O–H groups in total. The zero-order chi connectivity index (χ0) is 16.1. The number of hydrogen-bond acceptors (Lipinski definition) is 5. The number of aryl methyl sites for hydroxylation is 1. The molecule has 0 aliphatic heterocycles. The molecule has 0 bridgehead atoms. The Morgan fingerprint density at radius 3 is 2.57 bits per heavy atom. The monoisotopic (exact) mass is 344 g/mol. The zero-order valence-electron chi connectivity index (χ0n) is 12.8. The van der Waals surface area contributed by atoms with Gasteiger partial charge in [0.05, 0.1) is 0 Å². The highest BCUT2D eigenvalue weighted by Gasteiger charge is 2.05. The van der Waals surface area contributed by atoms with Crippen LogP contribution in [0.4, 0.5) is 5.13 Å². The van der Waals surface area contributed by atoms with E-state index in [-0.39, 0.29) is 0 Å². The van der Waals surface area contributed by atoms with Gasteiger partial charge in [-0.05, 0) is 42.7 Å². The van der Waals surface area contributed by atoms with E-state index in [0.29, 0.717) is 0 Å². The summed E-state index contributed by atoms with van der Waals surface area (Å²) < 4.78 is 0. The molecule has 1 aromatic carbocycles. The number of nitrogens with one attached hydrogen (secondary N) is 1. The van der Waals surface area contributed by atoms with E-state index < -0.39 is 0 Å². The van der Waals surface area contributed by atoms with Crippen molar-refractivity contribution in [2.24, 2.45) is 0 Å². The summed E-state index contributed by atoms with van der Waals surface area (Å²) in [4.78, 5) is 4.30. The van der Waals surface area contributed by atoms with Gasteiger partial charge in [-0.25, -0.2) is 0 Å². The Morgan fingerprint density at radius 2 is 1.83 bits per heavy atom. The number of anilines is 1. The molecule has 3 aromatic rings. The van der Waals surface area contributed by atoms with E-state index in [9.17, 15) is 0 Å². The average Bonchev–Trinajstić information content (AvgIpc) is 2.99. The van der Waals surface area contributed by atoms with Crippen LogP contribution in [0.1, 0.15) is 21.8 Å². The molecule has 6 heteroatoms. The first-order valence-electron chi connectivity index (χ1n) is 7.41. The van der Waals surface area contributed by atoms with Crippen molar-refractivity contribution in [2.45, 2.75) is 19.8 Å². The van der Waals surface area contributed by atoms with Crippen molar-refractivity contribution in [2.75, 3.05) is 11.9 Å². The average molecular weight is 345 g/mol. The highest BCUT2D eigenvalue weighted by atomic mass is 35.5. The lowest BCUT2D eigenvalue weighted by molar-refractivity contribution is 0.964. The van der Waals surface area contributed by atoms with Crippen LogP contribution in [0.25, 0.3) is 0 Å². The molecule has 0 amide bonds. The maximum absolute atomic E-state index is 5.90. The van der Waals surface area contributed by atoms with Crippen molar-refractivity contribution in [1.82, 2.24) is 15.2 Å². The van der Waals surface area contributed by atoms with Gasteiger partial charge < -0.3 is 5.32 Å². The van der Waals surface area contributed by atoms with Crippen molar-refractivity contribution < 1.29 is 0 Å². The number of aromatic nitrogens is 3. The third kappa shape index (κ3) is 4.74. The molecule has 0 fully saturated rings. The number of rotatable bonds is 6. The number of benzene rings is 1. The Morgan fingerprint density at radius 1 is 1.04 bits per heavy atom. The smallest absolute Gasteiger partial charge is 0.205 e. The van der Waals surface area contributed by atoms with Crippen LogP contribution in [0.15, 0.2) is 42.6 Å². The van der Waals surface area contributed by atoms with Crippen LogP contribution in [-0.2, 0) is 12.8 Å². The topological polar surface area (TPSA) is 50.7 Å². The predicted octanol–water partition coefficient (Wildman–Crippen LogP) is 4.14. The molecule has 0 spiro atoms. The molecule has 3 rings (SSSR count). The molecule has 118 valence electrons. The normalized spacial score (nSPS) is 10.7. The van der Waals surface area contributed by atoms with Crippen molar-refractivity contribution in [3.8, 4) is 0 Å². The van der Waals surface area contributed by atoms with Crippen LogP contribution in [0.2, 0.25) is 5.02 Å². The van der Waals surface area contributed by atoms with E-state index in [1.165, 1.54) is 11.1 Å². The van der Waals surface area contributed by atoms with E-state index in [4.69, 9.17) is 11.6 Å². The molecular weight excluding hydrogens is 328 g/mol. The van der Waals surface area contributed by atoms with E-state index >= 15 is 0 Å². The molecule has 2 heterocycles. The van der Waals surface area contributed by atoms with Gasteiger partial charge in [0.15, 0.2) is 0 Å². The Labute approximate surface area is 144 Å². The maximum Gasteiger partial charge on any atom is 0.205 e. The standard InChI is InChI=1S/C17H17ClN4S/c1-12-2-3-14(11-20-12)8-9-19-17-22-21-16(23-17)10-13-4-6-15(18)7-5-13/h2-7,11H,8-10H2,1H3,(H,19,22). The quantitative estimate of drug-likeness (QED) is 0.730. The summed E-state index contributed by atoms with van der Waals surface area (Å²) in [5, 5.41) is 14.3. The van der Waals surface area contributed by atoms with Crippen molar-refractivity contribution in [3.63, 3.8) is 0 Å². The first kappa shape index (κ1) is 15.9. The van der Waals surface area contributed by atoms with Gasteiger partial charge >= 0.3 is 0 Å². The summed E-state index contributed by atoms with van der Waals surface area (Å²) in [7, 11) is 0. The lowest BCUT2D eigenvalue weighted by Gasteiger charge is -2.02. The fraction of sp³-hybridized carbons (Fsp3) is 0.235. The van der Waals surface area contributed by atoms with Crippen LogP contribution in [0.3, 0.4) is 0 Å². The summed E-state index contributed by atoms with van der Waals surface area (Å²) in [6, 6.07) is 12.0. The lowest BCUT2D eigenvalue weighted by Crippen LogP contribution is -2.04. The number of hydrogen-bond donors (Lipinski definition) is 1. The number of halogens is 1. The molecule has 2 aromatic heterocycles. The third-order valence-corrected chi connectivity index (χ3v) is 4.53. The van der Waals surface area contributed by atoms with Gasteiger partial charge in [-0.1, -0.05) is 41.1 Å². The van der Waals surface area contributed by atoms with E-state index in [2.05, 4.69) is 26.6 Å². The van der Waals surface area contributed by atoms with Crippen LogP contribution in [-0.4, -0.2) is 21.7 Å². The molecule has 4 nitrogen and oxygen atoms in total. The lowest BCUT2D eigenvalue weighted by atomic mass is 10.2. The molecule has 0 saturated carbocycles. The Hall–Kier alpha value is -1.98. The molecular formula is C17H17ClN4S. The molecule has 0 saturated heterocycles. The van der Waals surface area contributed by atoms with Gasteiger partial charge in [0, 0.05) is 29.9 Å². The second-order valence-electron chi connectivity index (χ2n) is 5.29. The van der Waals surface area contributed by atoms with E-state index in [0.717, 1.165) is 40.2 Å². The van der Waals surface area contributed by atoms with Crippen LogP contribution < -0.4 is 5.32 Å². The Bertz CT molecular complexity index is 753. The number of pyridine rings is 1. The largest absolute Gasteiger partial charge is 0.360 e. The van der Waals surface area contributed by atoms with Crippen molar-refractivity contribution in [3.05, 3.63) is 69.4 Å². The van der Waals surface area contributed by atoms with Gasteiger partial charge in [0.25, 0.3) is 0 Å². The summed E-state index contributed by atoms with van der Waals surface area (Å²) >= 11 is 7.48. The SMILES string of the molecule is Cc1ccc(CCNc2nnc(Cc3ccc(Cl)cc3)s2)cn1.